The largest absolute Gasteiger partial charge is 0.434 e. The van der Waals surface area contributed by atoms with Gasteiger partial charge in [0.1, 0.15) is 15.6 Å². The molecule has 0 saturated carbocycles. The summed E-state index contributed by atoms with van der Waals surface area (Å²) in [5.74, 6) is -1.63. The fraction of sp³-hybridized carbons (Fsp3) is 0.105. The zero-order chi connectivity index (χ0) is 20.1. The molecule has 0 aliphatic heterocycles. The quantitative estimate of drug-likeness (QED) is 0.635. The first kappa shape index (κ1) is 19.4. The number of para-hydroxylation sites is 1. The molecule has 0 saturated heterocycles. The highest BCUT2D eigenvalue weighted by atomic mass is 32.1. The molecule has 2 aromatic carbocycles. The van der Waals surface area contributed by atoms with Crippen molar-refractivity contribution in [3.8, 4) is 16.3 Å². The number of halogens is 2. The van der Waals surface area contributed by atoms with Crippen molar-refractivity contribution in [3.63, 3.8) is 0 Å². The van der Waals surface area contributed by atoms with Crippen LogP contribution in [0.25, 0.3) is 10.6 Å². The molecule has 0 aliphatic rings. The van der Waals surface area contributed by atoms with Crippen LogP contribution >= 0.6 is 11.3 Å². The van der Waals surface area contributed by atoms with Gasteiger partial charge in [-0.1, -0.05) is 42.5 Å². The van der Waals surface area contributed by atoms with Crippen LogP contribution in [-0.4, -0.2) is 23.4 Å². The number of alkyl halides is 2. The van der Waals surface area contributed by atoms with Crippen molar-refractivity contribution in [1.29, 1.82) is 0 Å². The summed E-state index contributed by atoms with van der Waals surface area (Å²) in [5, 5.41) is 0.672. The van der Waals surface area contributed by atoms with E-state index in [0.29, 0.717) is 15.6 Å². The summed E-state index contributed by atoms with van der Waals surface area (Å²) in [6.45, 7) is -1.38. The predicted octanol–water partition coefficient (Wildman–Crippen LogP) is 3.79. The number of carbonyl (C=O) groups is 2. The minimum absolute atomic E-state index is 0.130. The van der Waals surface area contributed by atoms with E-state index in [0.717, 1.165) is 5.56 Å². The molecule has 6 nitrogen and oxygen atoms in total. The molecule has 0 fully saturated rings. The summed E-state index contributed by atoms with van der Waals surface area (Å²) in [6.07, 6.45) is 0. The summed E-state index contributed by atoms with van der Waals surface area (Å²) < 4.78 is 29.2. The van der Waals surface area contributed by atoms with Gasteiger partial charge in [0, 0.05) is 5.56 Å². The van der Waals surface area contributed by atoms with E-state index >= 15 is 0 Å². The van der Waals surface area contributed by atoms with Gasteiger partial charge in [0.05, 0.1) is 11.3 Å². The highest BCUT2D eigenvalue weighted by Crippen LogP contribution is 2.27. The molecule has 0 unspecified atom stereocenters. The monoisotopic (exact) mass is 403 g/mol. The summed E-state index contributed by atoms with van der Waals surface area (Å²) in [5.41, 5.74) is 5.73. The van der Waals surface area contributed by atoms with Crippen molar-refractivity contribution in [2.24, 2.45) is 0 Å². The second-order valence-corrected chi connectivity index (χ2v) is 6.58. The normalized spacial score (nSPS) is 10.6. The van der Waals surface area contributed by atoms with Gasteiger partial charge in [0.25, 0.3) is 11.8 Å². The highest BCUT2D eigenvalue weighted by Gasteiger charge is 2.19. The summed E-state index contributed by atoms with van der Waals surface area (Å²) in [6, 6.07) is 14.9. The van der Waals surface area contributed by atoms with E-state index in [9.17, 15) is 18.4 Å². The first-order valence-corrected chi connectivity index (χ1v) is 8.94. The number of thiazole rings is 1. The van der Waals surface area contributed by atoms with Crippen LogP contribution in [0.4, 0.5) is 8.78 Å². The molecule has 0 aliphatic carbocycles. The lowest BCUT2D eigenvalue weighted by atomic mass is 10.2. The Bertz CT molecular complexity index is 993. The third kappa shape index (κ3) is 4.49. The Labute approximate surface area is 163 Å². The zero-order valence-electron chi connectivity index (χ0n) is 14.6. The predicted molar refractivity (Wildman–Crippen MR) is 100 cm³/mol. The van der Waals surface area contributed by atoms with Crippen LogP contribution in [0.1, 0.15) is 25.7 Å². The lowest BCUT2D eigenvalue weighted by Crippen LogP contribution is -2.41. The van der Waals surface area contributed by atoms with Gasteiger partial charge in [-0.05, 0) is 19.1 Å². The molecule has 2 N–H and O–H groups in total. The van der Waals surface area contributed by atoms with Crippen molar-refractivity contribution in [2.45, 2.75) is 13.5 Å². The minimum Gasteiger partial charge on any atom is -0.434 e. The summed E-state index contributed by atoms with van der Waals surface area (Å²) in [7, 11) is 0. The molecule has 0 atom stereocenters. The number of amides is 2. The topological polar surface area (TPSA) is 80.3 Å². The second-order valence-electron chi connectivity index (χ2n) is 5.58. The molecule has 3 aromatic rings. The van der Waals surface area contributed by atoms with Gasteiger partial charge in [0.15, 0.2) is 0 Å². The Kier molecular flexibility index (Phi) is 5.95. The molecular weight excluding hydrogens is 388 g/mol. The van der Waals surface area contributed by atoms with E-state index in [2.05, 4.69) is 20.6 Å². The number of carbonyl (C=O) groups excluding carboxylic acids is 2. The van der Waals surface area contributed by atoms with Gasteiger partial charge in [-0.15, -0.1) is 11.3 Å². The van der Waals surface area contributed by atoms with Crippen molar-refractivity contribution >= 4 is 23.2 Å². The first-order chi connectivity index (χ1) is 13.5. The van der Waals surface area contributed by atoms with Gasteiger partial charge in [-0.3, -0.25) is 20.4 Å². The second kappa shape index (κ2) is 8.57. The number of hydrogen-bond donors (Lipinski definition) is 2. The van der Waals surface area contributed by atoms with Crippen molar-refractivity contribution in [2.75, 3.05) is 0 Å². The SMILES string of the molecule is Cc1nc(-c2ccccc2)sc1C(=O)NNC(=O)c1ccccc1OC(F)F. The maximum absolute atomic E-state index is 12.5. The lowest BCUT2D eigenvalue weighted by Gasteiger charge is -2.11. The number of aromatic nitrogens is 1. The Hall–Kier alpha value is -3.33. The average Bonchev–Trinajstić information content (AvgIpc) is 3.08. The maximum atomic E-state index is 12.5. The van der Waals surface area contributed by atoms with Crippen molar-refractivity contribution in [1.82, 2.24) is 15.8 Å². The molecule has 2 amide bonds. The number of rotatable bonds is 5. The molecule has 1 heterocycles. The number of nitrogens with zero attached hydrogens (tertiary/aromatic N) is 1. The maximum Gasteiger partial charge on any atom is 0.387 e. The molecule has 9 heteroatoms. The average molecular weight is 403 g/mol. The third-order valence-electron chi connectivity index (χ3n) is 3.66. The lowest BCUT2D eigenvalue weighted by molar-refractivity contribution is -0.0501. The van der Waals surface area contributed by atoms with Gasteiger partial charge in [-0.25, -0.2) is 4.98 Å². The molecule has 28 heavy (non-hydrogen) atoms. The molecule has 0 radical (unpaired) electrons. The van der Waals surface area contributed by atoms with E-state index in [4.69, 9.17) is 0 Å². The minimum atomic E-state index is -3.07. The molecule has 144 valence electrons. The Morgan fingerprint density at radius 1 is 1.00 bits per heavy atom. The van der Waals surface area contributed by atoms with E-state index in [-0.39, 0.29) is 11.3 Å². The highest BCUT2D eigenvalue weighted by molar-refractivity contribution is 7.17. The van der Waals surface area contributed by atoms with E-state index in [1.807, 2.05) is 30.3 Å². The number of aryl methyl sites for hydroxylation is 1. The van der Waals surface area contributed by atoms with E-state index < -0.39 is 18.4 Å². The van der Waals surface area contributed by atoms with E-state index in [1.165, 1.54) is 35.6 Å². The molecule has 0 bridgehead atoms. The fourth-order valence-corrected chi connectivity index (χ4v) is 3.37. The third-order valence-corrected chi connectivity index (χ3v) is 4.87. The van der Waals surface area contributed by atoms with E-state index in [1.54, 1.807) is 6.92 Å². The van der Waals surface area contributed by atoms with Crippen LogP contribution in [0.15, 0.2) is 54.6 Å². The van der Waals surface area contributed by atoms with Crippen molar-refractivity contribution < 1.29 is 23.1 Å². The van der Waals surface area contributed by atoms with Gasteiger partial charge >= 0.3 is 6.61 Å². The molecular formula is C19H15F2N3O3S. The first-order valence-electron chi connectivity index (χ1n) is 8.13. The number of ether oxygens (including phenoxy) is 1. The number of benzene rings is 2. The van der Waals surface area contributed by atoms with Crippen LogP contribution in [0.2, 0.25) is 0 Å². The molecule has 3 rings (SSSR count). The van der Waals surface area contributed by atoms with Gasteiger partial charge < -0.3 is 4.74 Å². The van der Waals surface area contributed by atoms with Crippen LogP contribution in [0, 0.1) is 6.92 Å². The Morgan fingerprint density at radius 3 is 2.36 bits per heavy atom. The van der Waals surface area contributed by atoms with Crippen LogP contribution in [0.5, 0.6) is 5.75 Å². The smallest absolute Gasteiger partial charge is 0.387 e. The standard InChI is InChI=1S/C19H15F2N3O3S/c1-11-15(28-18(22-11)12-7-3-2-4-8-12)17(26)24-23-16(25)13-9-5-6-10-14(13)27-19(20)21/h2-10,19H,1H3,(H,23,25)(H,24,26). The summed E-state index contributed by atoms with van der Waals surface area (Å²) >= 11 is 1.18. The van der Waals surface area contributed by atoms with Crippen LogP contribution < -0.4 is 15.6 Å². The Balaban J connectivity index is 1.70. The van der Waals surface area contributed by atoms with Crippen LogP contribution in [0.3, 0.4) is 0 Å². The van der Waals surface area contributed by atoms with Crippen molar-refractivity contribution in [3.05, 3.63) is 70.7 Å². The molecule has 1 aromatic heterocycles. The van der Waals surface area contributed by atoms with Gasteiger partial charge in [0.2, 0.25) is 0 Å². The zero-order valence-corrected chi connectivity index (χ0v) is 15.4. The van der Waals surface area contributed by atoms with Crippen LogP contribution in [-0.2, 0) is 0 Å². The van der Waals surface area contributed by atoms with Gasteiger partial charge in [-0.2, -0.15) is 8.78 Å². The number of hydrazine groups is 1. The molecule has 0 spiro atoms. The fourth-order valence-electron chi connectivity index (χ4n) is 2.40. The summed E-state index contributed by atoms with van der Waals surface area (Å²) in [4.78, 5) is 29.3. The number of hydrogen-bond acceptors (Lipinski definition) is 5. The Morgan fingerprint density at radius 2 is 1.64 bits per heavy atom. The number of nitrogens with one attached hydrogen (secondary N) is 2.